The molecule has 0 aliphatic heterocycles. The number of hydrogen-bond acceptors (Lipinski definition) is 21. The molecular weight excluding hydrogens is 766 g/mol. The normalized spacial score (nSPS) is 12.1. The average molecular weight is 778 g/mol. The van der Waals surface area contributed by atoms with Crippen molar-refractivity contribution >= 4 is 217 Å². The molecule has 0 aromatic rings. The van der Waals surface area contributed by atoms with E-state index in [2.05, 4.69) is 25.5 Å². The van der Waals surface area contributed by atoms with Crippen LogP contribution in [0.1, 0.15) is 20.3 Å². The molecule has 0 saturated heterocycles. The molecule has 0 nitrogen and oxygen atoms in total. The Hall–Kier alpha value is 7.44. The molecule has 0 bridgehead atoms. The van der Waals surface area contributed by atoms with Crippen molar-refractivity contribution in [1.29, 1.82) is 0 Å². The van der Waals surface area contributed by atoms with Crippen LogP contribution in [0.2, 0.25) is 0 Å². The molecule has 0 radical (unpaired) electrons. The van der Waals surface area contributed by atoms with E-state index in [0.29, 0.717) is 5.92 Å². The average Bonchev–Trinajstić information content (AvgIpc) is 2.62. The molecule has 0 aliphatic rings. The minimum Gasteiger partial charge on any atom is -0.0988 e. The van der Waals surface area contributed by atoms with Crippen molar-refractivity contribution in [3.8, 4) is 0 Å². The summed E-state index contributed by atoms with van der Waals surface area (Å²) < 4.78 is 0. The monoisotopic (exact) mass is 775 g/mol. The summed E-state index contributed by atoms with van der Waals surface area (Å²) in [5.74, 6) is 1.69. The fraction of sp³-hybridized carbons (Fsp3) is 1.00. The highest BCUT2D eigenvalue weighted by molar-refractivity contribution is 9.58. The van der Waals surface area contributed by atoms with E-state index in [-0.39, 0.29) is 0 Å². The molecular formula is C5H12S22. The largest absolute Gasteiger partial charge is 0.0988 e. The fourth-order valence-corrected chi connectivity index (χ4v) is 54.4. The second-order valence-electron chi connectivity index (χ2n) is 3.68. The van der Waals surface area contributed by atoms with Crippen molar-refractivity contribution in [2.75, 3.05) is 5.75 Å². The minimum atomic E-state index is -1.33. The van der Waals surface area contributed by atoms with Gasteiger partial charge >= 0.3 is 0 Å². The molecule has 0 aliphatic carbocycles. The third-order valence-corrected chi connectivity index (χ3v) is 47.4. The van der Waals surface area contributed by atoms with Crippen LogP contribution >= 0.6 is 189 Å². The van der Waals surface area contributed by atoms with Crippen LogP contribution in [0.3, 0.4) is 0 Å². The van der Waals surface area contributed by atoms with E-state index in [0.717, 1.165) is 12.2 Å². The highest BCUT2D eigenvalue weighted by Gasteiger charge is 2.07. The van der Waals surface area contributed by atoms with Crippen molar-refractivity contribution in [3.63, 3.8) is 0 Å². The molecule has 0 amide bonds. The van der Waals surface area contributed by atoms with Crippen LogP contribution in [0.15, 0.2) is 0 Å². The van der Waals surface area contributed by atoms with Crippen LogP contribution < -0.4 is 0 Å². The molecule has 0 aromatic heterocycles. The van der Waals surface area contributed by atoms with Crippen LogP contribution in [-0.2, 0) is 28.6 Å². The van der Waals surface area contributed by atoms with Gasteiger partial charge in [0.1, 0.15) is 0 Å². The summed E-state index contributed by atoms with van der Waals surface area (Å²) in [6.45, 7) is 4.45. The molecule has 0 atom stereocenters. The summed E-state index contributed by atoms with van der Waals surface area (Å²) in [5, 5.41) is 0. The summed E-state index contributed by atoms with van der Waals surface area (Å²) in [7, 11) is 31.7. The number of rotatable bonds is 21. The zero-order chi connectivity index (χ0) is 20.2. The van der Waals surface area contributed by atoms with Crippen molar-refractivity contribution in [2.45, 2.75) is 20.3 Å². The first-order chi connectivity index (χ1) is 13.0. The van der Waals surface area contributed by atoms with Gasteiger partial charge in [-0.05, 0) is 198 Å². The van der Waals surface area contributed by atoms with Crippen molar-refractivity contribution in [3.05, 3.63) is 0 Å². The van der Waals surface area contributed by atoms with Gasteiger partial charge < -0.3 is 0 Å². The van der Waals surface area contributed by atoms with Gasteiger partial charge in [0.15, 0.2) is 0 Å². The van der Waals surface area contributed by atoms with E-state index in [1.807, 2.05) is 9.83 Å². The molecule has 164 valence electrons. The van der Waals surface area contributed by atoms with Crippen molar-refractivity contribution < 1.29 is 0 Å². The summed E-state index contributed by atoms with van der Waals surface area (Å²) in [6, 6.07) is 0. The van der Waals surface area contributed by atoms with Crippen LogP contribution in [0, 0.1) is 5.92 Å². The first-order valence-corrected chi connectivity index (χ1v) is 34.6. The number of hydrogen-bond donors (Lipinski definition) is 1. The summed E-state index contributed by atoms with van der Waals surface area (Å²) in [6.07, 6.45) is -0.190. The molecule has 0 aromatic carbocycles. The van der Waals surface area contributed by atoms with Gasteiger partial charge in [0.25, 0.3) is 0 Å². The molecule has 0 spiro atoms. The molecule has 0 fully saturated rings. The first kappa shape index (κ1) is 34.4. The zero-order valence-corrected chi connectivity index (χ0v) is 31.1. The lowest BCUT2D eigenvalue weighted by atomic mass is 10.2. The standard InChI is InChI=1S/C5H12S22/c1-5(2)3-4-27(7,8)26-25-24-23-22-21-20-19-18-17-16-15-14-13-12-11-10-9-6/h5-6H,3-4H2,1-2H3. The predicted molar refractivity (Wildman–Crippen MR) is 192 cm³/mol. The Bertz CT molecular complexity index is 390. The molecule has 0 heterocycles. The molecule has 0 unspecified atom stereocenters. The highest BCUT2D eigenvalue weighted by Crippen LogP contribution is 2.64. The zero-order valence-electron chi connectivity index (χ0n) is 13.0. The maximum Gasteiger partial charge on any atom is 0.0123 e. The van der Waals surface area contributed by atoms with Crippen molar-refractivity contribution in [2.24, 2.45) is 5.92 Å². The molecule has 0 saturated carbocycles. The van der Waals surface area contributed by atoms with E-state index in [1.165, 1.54) is 9.83 Å². The Morgan fingerprint density at radius 1 is 0.630 bits per heavy atom. The van der Waals surface area contributed by atoms with Gasteiger partial charge in [-0.3, -0.25) is 0 Å². The van der Waals surface area contributed by atoms with Crippen LogP contribution in [0.5, 0.6) is 0 Å². The van der Waals surface area contributed by atoms with Crippen LogP contribution in [0.25, 0.3) is 0 Å². The SMILES string of the molecule is CC(C)CCS(=S)(=S)SSSSSSSSSSSSSSSSSSS. The van der Waals surface area contributed by atoms with Gasteiger partial charge in [0.2, 0.25) is 0 Å². The smallest absolute Gasteiger partial charge is 0.0123 e. The molecule has 0 rings (SSSR count). The second kappa shape index (κ2) is 26.5. The molecule has 22 heteroatoms. The minimum absolute atomic E-state index is 0.687. The predicted octanol–water partition coefficient (Wildman–Crippen LogP) is 13.6. The van der Waals surface area contributed by atoms with Gasteiger partial charge in [-0.15, -0.1) is 0 Å². The lowest BCUT2D eigenvalue weighted by Crippen LogP contribution is -2.00. The Kier molecular flexibility index (Phi) is 33.8. The van der Waals surface area contributed by atoms with E-state index in [4.69, 9.17) is 22.4 Å². The van der Waals surface area contributed by atoms with Gasteiger partial charge in [-0.2, -0.15) is 0 Å². The van der Waals surface area contributed by atoms with E-state index in [9.17, 15) is 0 Å². The Labute approximate surface area is 243 Å². The maximum atomic E-state index is 5.55. The number of thiol groups is 1. The van der Waals surface area contributed by atoms with Crippen LogP contribution in [0.4, 0.5) is 0 Å². The third kappa shape index (κ3) is 29.6. The quantitative estimate of drug-likeness (QED) is 0.0667. The maximum absolute atomic E-state index is 5.55. The molecule has 27 heavy (non-hydrogen) atoms. The highest BCUT2D eigenvalue weighted by atomic mass is 34.1. The summed E-state index contributed by atoms with van der Waals surface area (Å²) >= 11 is 15.2. The lowest BCUT2D eigenvalue weighted by molar-refractivity contribution is 0.632. The Balaban J connectivity index is 3.21. The fourth-order valence-electron chi connectivity index (χ4n) is 0.639. The van der Waals surface area contributed by atoms with Gasteiger partial charge in [-0.1, -0.05) is 25.5 Å². The van der Waals surface area contributed by atoms with E-state index in [1.54, 1.807) is 157 Å². The van der Waals surface area contributed by atoms with E-state index < -0.39 is 6.18 Å². The van der Waals surface area contributed by atoms with Crippen molar-refractivity contribution in [1.82, 2.24) is 0 Å². The van der Waals surface area contributed by atoms with Gasteiger partial charge in [0, 0.05) is 25.4 Å². The molecule has 0 N–H and O–H groups in total. The Morgan fingerprint density at radius 3 is 1.30 bits per heavy atom. The summed E-state index contributed by atoms with van der Waals surface area (Å²) in [5.41, 5.74) is 0. The van der Waals surface area contributed by atoms with Gasteiger partial charge in [-0.25, -0.2) is 0 Å². The first-order valence-electron chi connectivity index (χ1n) is 5.87. The second-order valence-corrected chi connectivity index (χ2v) is 44.2. The van der Waals surface area contributed by atoms with E-state index >= 15 is 0 Å². The van der Waals surface area contributed by atoms with Crippen LogP contribution in [-0.4, -0.2) is 5.75 Å². The third-order valence-electron chi connectivity index (χ3n) is 1.52. The summed E-state index contributed by atoms with van der Waals surface area (Å²) in [4.78, 5) is 0. The van der Waals surface area contributed by atoms with Gasteiger partial charge in [0.05, 0.1) is 0 Å². The topological polar surface area (TPSA) is 0 Å². The Morgan fingerprint density at radius 2 is 0.963 bits per heavy atom. The lowest BCUT2D eigenvalue weighted by Gasteiger charge is -2.09.